The molecule has 1 heterocycles. The monoisotopic (exact) mass is 345 g/mol. The molecular weight excluding hydrogens is 329 g/mol. The molecular formula is C18H17ClFN3O. The van der Waals surface area contributed by atoms with Gasteiger partial charge >= 0.3 is 0 Å². The summed E-state index contributed by atoms with van der Waals surface area (Å²) in [5.41, 5.74) is 3.23. The Hall–Kier alpha value is -2.58. The molecule has 0 spiro atoms. The van der Waals surface area contributed by atoms with Gasteiger partial charge in [0.1, 0.15) is 17.5 Å². The van der Waals surface area contributed by atoms with Crippen molar-refractivity contribution in [3.8, 4) is 11.8 Å². The Balaban J connectivity index is 2.55. The first-order valence-electron chi connectivity index (χ1n) is 7.24. The third-order valence-corrected chi connectivity index (χ3v) is 3.98. The standard InChI is InChI=1S/C18H17ClFN3O/c1-11-7-13(8-14(10-21)18(24)22(3)4)12(2)23(11)15-5-6-17(20)16(19)9-15/h5-9H,1-4H3/b14-8-. The number of aryl methyl sites for hydroxylation is 1. The lowest BCUT2D eigenvalue weighted by molar-refractivity contribution is -0.124. The van der Waals surface area contributed by atoms with Crippen molar-refractivity contribution in [1.29, 1.82) is 5.26 Å². The van der Waals surface area contributed by atoms with Crippen molar-refractivity contribution < 1.29 is 9.18 Å². The van der Waals surface area contributed by atoms with E-state index in [0.717, 1.165) is 17.0 Å². The van der Waals surface area contributed by atoms with Gasteiger partial charge in [0.05, 0.1) is 5.02 Å². The number of aromatic nitrogens is 1. The minimum Gasteiger partial charge on any atom is -0.344 e. The Kier molecular flexibility index (Phi) is 5.10. The van der Waals surface area contributed by atoms with Gasteiger partial charge in [-0.15, -0.1) is 0 Å². The molecule has 6 heteroatoms. The molecule has 0 aliphatic heterocycles. The highest BCUT2D eigenvalue weighted by Gasteiger charge is 2.15. The fraction of sp³-hybridized carbons (Fsp3) is 0.222. The summed E-state index contributed by atoms with van der Waals surface area (Å²) < 4.78 is 15.3. The number of benzene rings is 1. The maximum atomic E-state index is 13.4. The molecule has 0 bridgehead atoms. The lowest BCUT2D eigenvalue weighted by Crippen LogP contribution is -2.22. The first-order chi connectivity index (χ1) is 11.3. The molecule has 1 aromatic carbocycles. The summed E-state index contributed by atoms with van der Waals surface area (Å²) in [4.78, 5) is 13.4. The van der Waals surface area contributed by atoms with Gasteiger partial charge in [-0.2, -0.15) is 5.26 Å². The van der Waals surface area contributed by atoms with E-state index < -0.39 is 5.82 Å². The summed E-state index contributed by atoms with van der Waals surface area (Å²) in [6, 6.07) is 8.28. The third-order valence-electron chi connectivity index (χ3n) is 3.69. The largest absolute Gasteiger partial charge is 0.344 e. The van der Waals surface area contributed by atoms with Crippen molar-refractivity contribution in [2.24, 2.45) is 0 Å². The molecule has 0 saturated heterocycles. The van der Waals surface area contributed by atoms with E-state index in [1.807, 2.05) is 30.6 Å². The Bertz CT molecular complexity index is 875. The zero-order chi connectivity index (χ0) is 18.0. The van der Waals surface area contributed by atoms with Crippen molar-refractivity contribution in [2.45, 2.75) is 13.8 Å². The zero-order valence-corrected chi connectivity index (χ0v) is 14.6. The summed E-state index contributed by atoms with van der Waals surface area (Å²) >= 11 is 5.86. The van der Waals surface area contributed by atoms with Crippen molar-refractivity contribution in [2.75, 3.05) is 14.1 Å². The van der Waals surface area contributed by atoms with E-state index in [4.69, 9.17) is 11.6 Å². The number of nitriles is 1. The minimum atomic E-state index is -0.480. The van der Waals surface area contributed by atoms with Crippen molar-refractivity contribution in [3.63, 3.8) is 0 Å². The lowest BCUT2D eigenvalue weighted by Gasteiger charge is -2.11. The predicted octanol–water partition coefficient (Wildman–Crippen LogP) is 3.88. The summed E-state index contributed by atoms with van der Waals surface area (Å²) in [5, 5.41) is 9.27. The molecule has 2 rings (SSSR count). The van der Waals surface area contributed by atoms with Crippen LogP contribution in [0.25, 0.3) is 11.8 Å². The number of nitrogens with zero attached hydrogens (tertiary/aromatic N) is 3. The molecule has 0 atom stereocenters. The maximum absolute atomic E-state index is 13.4. The van der Waals surface area contributed by atoms with Crippen LogP contribution in [0.15, 0.2) is 29.8 Å². The van der Waals surface area contributed by atoms with E-state index in [2.05, 4.69) is 0 Å². The fourth-order valence-electron chi connectivity index (χ4n) is 2.49. The second-order valence-corrected chi connectivity index (χ2v) is 6.04. The quantitative estimate of drug-likeness (QED) is 0.626. The highest BCUT2D eigenvalue weighted by atomic mass is 35.5. The molecule has 0 unspecified atom stereocenters. The van der Waals surface area contributed by atoms with Gasteiger partial charge in [-0.1, -0.05) is 11.6 Å². The molecule has 1 amide bonds. The van der Waals surface area contributed by atoms with Crippen LogP contribution in [0.3, 0.4) is 0 Å². The van der Waals surface area contributed by atoms with Crippen LogP contribution in [0.2, 0.25) is 5.02 Å². The number of rotatable bonds is 3. The van der Waals surface area contributed by atoms with Crippen LogP contribution in [0.1, 0.15) is 17.0 Å². The maximum Gasteiger partial charge on any atom is 0.264 e. The zero-order valence-electron chi connectivity index (χ0n) is 13.9. The van der Waals surface area contributed by atoms with Crippen LogP contribution >= 0.6 is 11.6 Å². The van der Waals surface area contributed by atoms with Gasteiger partial charge in [0.25, 0.3) is 5.91 Å². The SMILES string of the molecule is Cc1cc(/C=C(/C#N)C(=O)N(C)C)c(C)n1-c1ccc(F)c(Cl)c1. The Morgan fingerprint density at radius 2 is 2.00 bits per heavy atom. The molecule has 4 nitrogen and oxygen atoms in total. The Labute approximate surface area is 145 Å². The van der Waals surface area contributed by atoms with Crippen LogP contribution in [-0.4, -0.2) is 29.5 Å². The first kappa shape index (κ1) is 17.8. The number of amides is 1. The van der Waals surface area contributed by atoms with Crippen LogP contribution in [0.4, 0.5) is 4.39 Å². The average molecular weight is 346 g/mol. The number of halogens is 2. The first-order valence-corrected chi connectivity index (χ1v) is 7.62. The normalized spacial score (nSPS) is 11.3. The number of carbonyl (C=O) groups is 1. The van der Waals surface area contributed by atoms with E-state index in [1.54, 1.807) is 32.3 Å². The molecule has 0 aliphatic rings. The second kappa shape index (κ2) is 6.90. The molecule has 2 aromatic rings. The Morgan fingerprint density at radius 1 is 1.33 bits per heavy atom. The molecule has 124 valence electrons. The van der Waals surface area contributed by atoms with Crippen LogP contribution in [0, 0.1) is 31.0 Å². The molecule has 0 radical (unpaired) electrons. The number of carbonyl (C=O) groups excluding carboxylic acids is 1. The van der Waals surface area contributed by atoms with E-state index >= 15 is 0 Å². The highest BCUT2D eigenvalue weighted by molar-refractivity contribution is 6.30. The van der Waals surface area contributed by atoms with Gasteiger partial charge in [0, 0.05) is 31.2 Å². The fourth-order valence-corrected chi connectivity index (χ4v) is 2.67. The van der Waals surface area contributed by atoms with E-state index in [9.17, 15) is 14.4 Å². The highest BCUT2D eigenvalue weighted by Crippen LogP contribution is 2.26. The van der Waals surface area contributed by atoms with Gasteiger partial charge in [-0.3, -0.25) is 4.79 Å². The molecule has 0 aliphatic carbocycles. The van der Waals surface area contributed by atoms with E-state index in [1.165, 1.54) is 11.0 Å². The van der Waals surface area contributed by atoms with Gasteiger partial charge in [-0.25, -0.2) is 4.39 Å². The Morgan fingerprint density at radius 3 is 2.54 bits per heavy atom. The number of likely N-dealkylation sites (N-methyl/N-ethyl adjacent to an activating group) is 1. The minimum absolute atomic E-state index is 0.0394. The van der Waals surface area contributed by atoms with Gasteiger partial charge < -0.3 is 9.47 Å². The number of hydrogen-bond donors (Lipinski definition) is 0. The second-order valence-electron chi connectivity index (χ2n) is 5.63. The molecule has 24 heavy (non-hydrogen) atoms. The van der Waals surface area contributed by atoms with Crippen LogP contribution in [-0.2, 0) is 4.79 Å². The molecule has 0 saturated carbocycles. The van der Waals surface area contributed by atoms with Crippen molar-refractivity contribution >= 4 is 23.6 Å². The average Bonchev–Trinajstić information content (AvgIpc) is 2.81. The summed E-state index contributed by atoms with van der Waals surface area (Å²) in [5.74, 6) is -0.835. The molecule has 0 fully saturated rings. The molecule has 1 aromatic heterocycles. The number of hydrogen-bond acceptors (Lipinski definition) is 2. The van der Waals surface area contributed by atoms with Crippen LogP contribution < -0.4 is 0 Å². The predicted molar refractivity (Wildman–Crippen MR) is 92.5 cm³/mol. The van der Waals surface area contributed by atoms with E-state index in [0.29, 0.717) is 5.69 Å². The summed E-state index contributed by atoms with van der Waals surface area (Å²) in [6.45, 7) is 3.76. The van der Waals surface area contributed by atoms with E-state index in [-0.39, 0.29) is 16.5 Å². The lowest BCUT2D eigenvalue weighted by atomic mass is 10.1. The van der Waals surface area contributed by atoms with Crippen LogP contribution in [0.5, 0.6) is 0 Å². The van der Waals surface area contributed by atoms with Crippen molar-refractivity contribution in [1.82, 2.24) is 9.47 Å². The smallest absolute Gasteiger partial charge is 0.264 e. The van der Waals surface area contributed by atoms with Crippen molar-refractivity contribution in [3.05, 3.63) is 57.6 Å². The van der Waals surface area contributed by atoms with Gasteiger partial charge in [-0.05, 0) is 49.8 Å². The van der Waals surface area contributed by atoms with Gasteiger partial charge in [0.2, 0.25) is 0 Å². The molecule has 0 N–H and O–H groups in total. The van der Waals surface area contributed by atoms with Gasteiger partial charge in [0.15, 0.2) is 0 Å². The summed E-state index contributed by atoms with van der Waals surface area (Å²) in [7, 11) is 3.19. The summed E-state index contributed by atoms with van der Waals surface area (Å²) in [6.07, 6.45) is 1.56. The topological polar surface area (TPSA) is 49.0 Å². The third kappa shape index (κ3) is 3.34.